The lowest BCUT2D eigenvalue weighted by atomic mass is 9.94. The van der Waals surface area contributed by atoms with Crippen molar-refractivity contribution in [2.24, 2.45) is 0 Å². The predicted molar refractivity (Wildman–Crippen MR) is 144 cm³/mol. The van der Waals surface area contributed by atoms with Crippen molar-refractivity contribution in [3.8, 4) is 5.75 Å². The third-order valence-corrected chi connectivity index (χ3v) is 8.15. The number of aromatic hydroxyl groups is 1. The van der Waals surface area contributed by atoms with Crippen LogP contribution in [-0.4, -0.2) is 70.6 Å². The molecule has 192 valence electrons. The lowest BCUT2D eigenvalue weighted by molar-refractivity contribution is 0.0794. The quantitative estimate of drug-likeness (QED) is 0.552. The minimum Gasteiger partial charge on any atom is -0.508 e. The van der Waals surface area contributed by atoms with Crippen LogP contribution in [0.15, 0.2) is 61.2 Å². The summed E-state index contributed by atoms with van der Waals surface area (Å²) in [4.78, 5) is 18.2. The van der Waals surface area contributed by atoms with Gasteiger partial charge < -0.3 is 5.11 Å². The molecule has 3 atom stereocenters. The Morgan fingerprint density at radius 1 is 0.972 bits per heavy atom. The van der Waals surface area contributed by atoms with E-state index in [-0.39, 0.29) is 11.9 Å². The lowest BCUT2D eigenvalue weighted by Gasteiger charge is -2.37. The van der Waals surface area contributed by atoms with Gasteiger partial charge in [-0.3, -0.25) is 20.0 Å². The molecule has 0 spiro atoms. The van der Waals surface area contributed by atoms with Gasteiger partial charge in [-0.1, -0.05) is 43.2 Å². The van der Waals surface area contributed by atoms with Crippen molar-refractivity contribution in [1.29, 1.82) is 0 Å². The number of nitrogens with one attached hydrogen (secondary N) is 1. The van der Waals surface area contributed by atoms with Gasteiger partial charge in [0.2, 0.25) is 0 Å². The molecule has 2 aromatic carbocycles. The molecule has 3 aliphatic rings. The molecular weight excluding hydrogens is 448 g/mol. The smallest absolute Gasteiger partial charge is 0.265 e. The summed E-state index contributed by atoms with van der Waals surface area (Å²) >= 11 is 0. The number of phenolic OH excluding ortho intramolecular Hbond substituents is 1. The summed E-state index contributed by atoms with van der Waals surface area (Å²) in [5.41, 5.74) is 6.07. The summed E-state index contributed by atoms with van der Waals surface area (Å²) in [5, 5.41) is 12.4. The van der Waals surface area contributed by atoms with Crippen molar-refractivity contribution in [2.45, 2.75) is 63.1 Å². The van der Waals surface area contributed by atoms with Gasteiger partial charge in [0.15, 0.2) is 0 Å². The molecule has 0 saturated carbocycles. The highest BCUT2D eigenvalue weighted by molar-refractivity contribution is 5.93. The molecule has 0 aliphatic carbocycles. The zero-order valence-electron chi connectivity index (χ0n) is 21.3. The van der Waals surface area contributed by atoms with Crippen LogP contribution in [-0.2, 0) is 0 Å². The molecule has 1 amide bonds. The van der Waals surface area contributed by atoms with Gasteiger partial charge in [-0.15, -0.1) is 6.58 Å². The maximum atomic E-state index is 13.0. The van der Waals surface area contributed by atoms with Crippen molar-refractivity contribution in [3.63, 3.8) is 0 Å². The van der Waals surface area contributed by atoms with E-state index < -0.39 is 0 Å². The van der Waals surface area contributed by atoms with E-state index in [0.717, 1.165) is 57.5 Å². The van der Waals surface area contributed by atoms with E-state index >= 15 is 0 Å². The lowest BCUT2D eigenvalue weighted by Crippen LogP contribution is -2.43. The molecule has 3 aliphatic heterocycles. The third-order valence-electron chi connectivity index (χ3n) is 8.15. The summed E-state index contributed by atoms with van der Waals surface area (Å²) in [5.74, 6) is 0.258. The Labute approximate surface area is 215 Å². The average molecular weight is 489 g/mol. The van der Waals surface area contributed by atoms with Crippen LogP contribution in [0.2, 0.25) is 0 Å². The molecule has 0 radical (unpaired) electrons. The number of phenols is 1. The van der Waals surface area contributed by atoms with Gasteiger partial charge >= 0.3 is 0 Å². The number of nitrogens with zero attached hydrogens (tertiary/aromatic N) is 3. The number of benzene rings is 2. The molecule has 2 aromatic rings. The molecular formula is C30H40N4O2. The first kappa shape index (κ1) is 25.0. The van der Waals surface area contributed by atoms with Gasteiger partial charge in [-0.05, 0) is 67.5 Å². The summed E-state index contributed by atoms with van der Waals surface area (Å²) in [6, 6.07) is 16.8. The van der Waals surface area contributed by atoms with Crippen LogP contribution in [0.1, 0.15) is 72.5 Å². The molecule has 3 unspecified atom stereocenters. The van der Waals surface area contributed by atoms with E-state index in [4.69, 9.17) is 0 Å². The Hall–Kier alpha value is -2.67. The molecule has 6 heteroatoms. The number of likely N-dealkylation sites (tertiary alicyclic amines) is 1. The largest absolute Gasteiger partial charge is 0.508 e. The highest BCUT2D eigenvalue weighted by atomic mass is 16.3. The average Bonchev–Trinajstić information content (AvgIpc) is 3.01. The number of carbonyl (C=O) groups is 1. The van der Waals surface area contributed by atoms with E-state index in [9.17, 15) is 9.90 Å². The molecule has 0 aromatic heterocycles. The van der Waals surface area contributed by atoms with Crippen LogP contribution >= 0.6 is 0 Å². The van der Waals surface area contributed by atoms with E-state index in [0.29, 0.717) is 23.4 Å². The minimum atomic E-state index is -0.0349. The molecule has 5 rings (SSSR count). The van der Waals surface area contributed by atoms with Crippen molar-refractivity contribution < 1.29 is 9.90 Å². The molecule has 3 fully saturated rings. The first-order valence-electron chi connectivity index (χ1n) is 13.7. The van der Waals surface area contributed by atoms with Crippen LogP contribution in [0.5, 0.6) is 5.75 Å². The second-order valence-corrected chi connectivity index (χ2v) is 10.6. The van der Waals surface area contributed by atoms with Gasteiger partial charge in [0.05, 0.1) is 6.04 Å². The van der Waals surface area contributed by atoms with E-state index in [1.54, 1.807) is 6.07 Å². The summed E-state index contributed by atoms with van der Waals surface area (Å²) in [6.07, 6.45) is 10.3. The van der Waals surface area contributed by atoms with Gasteiger partial charge in [0.1, 0.15) is 5.75 Å². The van der Waals surface area contributed by atoms with Gasteiger partial charge in [-0.25, -0.2) is 5.01 Å². The summed E-state index contributed by atoms with van der Waals surface area (Å²) in [7, 11) is 0. The Bertz CT molecular complexity index is 1030. The summed E-state index contributed by atoms with van der Waals surface area (Å²) in [6.45, 7) is 8.84. The zero-order chi connectivity index (χ0) is 24.9. The number of carbonyl (C=O) groups excluding carboxylic acids is 1. The summed E-state index contributed by atoms with van der Waals surface area (Å²) < 4.78 is 0. The van der Waals surface area contributed by atoms with Crippen molar-refractivity contribution in [2.75, 3.05) is 32.7 Å². The maximum absolute atomic E-state index is 13.0. The number of amides is 1. The van der Waals surface area contributed by atoms with Crippen LogP contribution in [0.4, 0.5) is 0 Å². The van der Waals surface area contributed by atoms with Crippen LogP contribution in [0.3, 0.4) is 0 Å². The minimum absolute atomic E-state index is 0.0349. The van der Waals surface area contributed by atoms with Crippen LogP contribution < -0.4 is 5.43 Å². The number of hydrogen-bond donors (Lipinski definition) is 2. The van der Waals surface area contributed by atoms with Crippen molar-refractivity contribution >= 4 is 5.91 Å². The first-order valence-corrected chi connectivity index (χ1v) is 13.7. The number of hydrogen-bond acceptors (Lipinski definition) is 5. The molecule has 2 bridgehead atoms. The number of hydrazine groups is 1. The maximum Gasteiger partial charge on any atom is 0.265 e. The van der Waals surface area contributed by atoms with Crippen molar-refractivity contribution in [3.05, 3.63) is 77.9 Å². The highest BCUT2D eigenvalue weighted by Gasteiger charge is 2.41. The van der Waals surface area contributed by atoms with Gasteiger partial charge in [-0.2, -0.15) is 0 Å². The SMILES string of the molecule is C=CCN1CCC2CCC(C1)N2C(c1ccc(C(=O)NN2CCCCCC2)cc1)c1cccc(O)c1. The Morgan fingerprint density at radius 3 is 2.44 bits per heavy atom. The van der Waals surface area contributed by atoms with Crippen molar-refractivity contribution in [1.82, 2.24) is 20.2 Å². The zero-order valence-corrected chi connectivity index (χ0v) is 21.3. The molecule has 6 nitrogen and oxygen atoms in total. The third kappa shape index (κ3) is 5.66. The second kappa shape index (κ2) is 11.6. The Balaban J connectivity index is 1.40. The first-order chi connectivity index (χ1) is 17.6. The molecule has 3 saturated heterocycles. The fourth-order valence-corrected chi connectivity index (χ4v) is 6.39. The Morgan fingerprint density at radius 2 is 1.72 bits per heavy atom. The van der Waals surface area contributed by atoms with Gasteiger partial charge in [0.25, 0.3) is 5.91 Å². The molecule has 3 heterocycles. The fourth-order valence-electron chi connectivity index (χ4n) is 6.39. The van der Waals surface area contributed by atoms with E-state index in [1.165, 1.54) is 31.2 Å². The van der Waals surface area contributed by atoms with Crippen LogP contribution in [0.25, 0.3) is 0 Å². The molecule has 36 heavy (non-hydrogen) atoms. The molecule has 2 N–H and O–H groups in total. The second-order valence-electron chi connectivity index (χ2n) is 10.6. The fraction of sp³-hybridized carbons (Fsp3) is 0.500. The van der Waals surface area contributed by atoms with Crippen LogP contribution in [0, 0.1) is 0 Å². The number of rotatable bonds is 7. The van der Waals surface area contributed by atoms with Gasteiger partial charge in [0, 0.05) is 50.4 Å². The topological polar surface area (TPSA) is 59.0 Å². The van der Waals surface area contributed by atoms with E-state index in [1.807, 2.05) is 30.3 Å². The highest BCUT2D eigenvalue weighted by Crippen LogP contribution is 2.41. The number of fused-ring (bicyclic) bond motifs is 2. The standard InChI is InChI=1S/C30H40N4O2/c1-2-17-32-20-16-26-14-15-27(22-32)34(26)29(25-8-7-9-28(35)21-25)23-10-12-24(13-11-23)30(36)31-33-18-5-3-4-6-19-33/h2,7-13,21,26-27,29,35H,1,3-6,14-20,22H2,(H,31,36). The predicted octanol–water partition coefficient (Wildman–Crippen LogP) is 4.73. The van der Waals surface area contributed by atoms with E-state index in [2.05, 4.69) is 45.0 Å². The monoisotopic (exact) mass is 488 g/mol. The normalized spacial score (nSPS) is 24.6. The Kier molecular flexibility index (Phi) is 8.05.